The molecule has 4 N–H and O–H groups in total. The SMILES string of the molecule is CC(=O)[C@@]1(O)CC[C@H]2[C@@H]3CCC4=CC(=O)CC[C@]4(C)[C@H]3[C@@H](O)C[C@@]21C.CC(=O)[C@@]1(O)CC[C@H]2[C@@H]3CCC4=CC(=O)CC[C@]4(C)[C@H]3[C@@H](O)C[C@@]21C. The highest BCUT2D eigenvalue weighted by molar-refractivity contribution is 5.92. The van der Waals surface area contributed by atoms with Crippen molar-refractivity contribution in [3.8, 4) is 0 Å². The van der Waals surface area contributed by atoms with E-state index >= 15 is 0 Å². The first-order valence-electron chi connectivity index (χ1n) is 19.6. The summed E-state index contributed by atoms with van der Waals surface area (Å²) in [6.07, 6.45) is 12.8. The number of hydrogen-bond acceptors (Lipinski definition) is 8. The summed E-state index contributed by atoms with van der Waals surface area (Å²) in [7, 11) is 0. The maximum absolute atomic E-state index is 12.2. The molecular formula is C42H60O8. The number of Topliss-reactive ketones (excluding diaryl/α,β-unsaturated/α-hetero) is 2. The van der Waals surface area contributed by atoms with Gasteiger partial charge in [0.2, 0.25) is 0 Å². The van der Waals surface area contributed by atoms with Crippen LogP contribution in [0.4, 0.5) is 0 Å². The Morgan fingerprint density at radius 1 is 0.600 bits per heavy atom. The summed E-state index contributed by atoms with van der Waals surface area (Å²) >= 11 is 0. The Balaban J connectivity index is 0.000000157. The van der Waals surface area contributed by atoms with Crippen LogP contribution in [0, 0.1) is 57.2 Å². The molecule has 0 spiro atoms. The highest BCUT2D eigenvalue weighted by Gasteiger charge is 2.69. The lowest BCUT2D eigenvalue weighted by molar-refractivity contribution is -0.179. The van der Waals surface area contributed by atoms with Crippen LogP contribution in [0.2, 0.25) is 0 Å². The second-order valence-electron chi connectivity index (χ2n) is 19.1. The van der Waals surface area contributed by atoms with Gasteiger partial charge in [0.1, 0.15) is 11.2 Å². The van der Waals surface area contributed by atoms with Gasteiger partial charge in [-0.3, -0.25) is 19.2 Å². The first kappa shape index (κ1) is 36.4. The van der Waals surface area contributed by atoms with Gasteiger partial charge < -0.3 is 20.4 Å². The summed E-state index contributed by atoms with van der Waals surface area (Å²) in [6, 6.07) is 0. The molecule has 8 nitrogen and oxygen atoms in total. The van der Waals surface area contributed by atoms with Crippen molar-refractivity contribution in [3.05, 3.63) is 23.3 Å². The fourth-order valence-corrected chi connectivity index (χ4v) is 14.5. The van der Waals surface area contributed by atoms with Crippen molar-refractivity contribution in [2.24, 2.45) is 57.2 Å². The van der Waals surface area contributed by atoms with Gasteiger partial charge in [-0.15, -0.1) is 0 Å². The van der Waals surface area contributed by atoms with E-state index in [1.807, 2.05) is 26.0 Å². The number of aliphatic hydroxyl groups is 4. The van der Waals surface area contributed by atoms with Crippen LogP contribution < -0.4 is 0 Å². The normalized spacial score (nSPS) is 52.0. The summed E-state index contributed by atoms with van der Waals surface area (Å²) in [6.45, 7) is 11.5. The number of carbonyl (C=O) groups is 4. The number of aliphatic hydroxyl groups excluding tert-OH is 2. The molecule has 8 rings (SSSR count). The molecule has 0 aliphatic heterocycles. The van der Waals surface area contributed by atoms with E-state index in [2.05, 4.69) is 13.8 Å². The topological polar surface area (TPSA) is 149 Å². The molecule has 0 aromatic heterocycles. The third-order valence-corrected chi connectivity index (χ3v) is 17.3. The quantitative estimate of drug-likeness (QED) is 0.292. The zero-order valence-corrected chi connectivity index (χ0v) is 31.1. The lowest BCUT2D eigenvalue weighted by Gasteiger charge is -2.60. The van der Waals surface area contributed by atoms with Crippen molar-refractivity contribution in [2.75, 3.05) is 0 Å². The van der Waals surface area contributed by atoms with E-state index < -0.39 is 34.2 Å². The van der Waals surface area contributed by atoms with E-state index in [9.17, 15) is 39.6 Å². The Labute approximate surface area is 297 Å². The lowest BCUT2D eigenvalue weighted by Crippen LogP contribution is -2.61. The summed E-state index contributed by atoms with van der Waals surface area (Å²) in [5.74, 6) is 1.55. The molecule has 50 heavy (non-hydrogen) atoms. The molecule has 0 aromatic carbocycles. The minimum absolute atomic E-state index is 0.117. The molecule has 0 saturated heterocycles. The zero-order chi connectivity index (χ0) is 36.4. The number of allylic oxidation sites excluding steroid dienone is 2. The summed E-state index contributed by atoms with van der Waals surface area (Å²) < 4.78 is 0. The highest BCUT2D eigenvalue weighted by Crippen LogP contribution is 2.69. The first-order valence-corrected chi connectivity index (χ1v) is 19.6. The summed E-state index contributed by atoms with van der Waals surface area (Å²) in [5.41, 5.74) is -1.49. The number of ketones is 4. The molecule has 8 heteroatoms. The van der Waals surface area contributed by atoms with Gasteiger partial charge in [0.25, 0.3) is 0 Å². The van der Waals surface area contributed by atoms with Gasteiger partial charge in [-0.2, -0.15) is 0 Å². The first-order chi connectivity index (χ1) is 23.3. The standard InChI is InChI=1S/2C21H30O4/c2*1-12(22)21(25)9-7-16-15-5-4-13-10-14(23)6-8-19(13,2)18(15)17(24)11-20(16,21)3/h2*10,15-18,24-25H,4-9,11H2,1-3H3/t2*15-,16-,17-,18+,19-,20-,21-/m00/s1. The molecular weight excluding hydrogens is 632 g/mol. The third-order valence-electron chi connectivity index (χ3n) is 17.3. The molecule has 6 saturated carbocycles. The molecule has 14 atom stereocenters. The average Bonchev–Trinajstić information content (AvgIpc) is 3.47. The largest absolute Gasteiger partial charge is 0.393 e. The van der Waals surface area contributed by atoms with Crippen LogP contribution in [-0.4, -0.2) is 67.0 Å². The number of fused-ring (bicyclic) bond motifs is 10. The Morgan fingerprint density at radius 3 is 1.30 bits per heavy atom. The van der Waals surface area contributed by atoms with E-state index in [1.165, 1.54) is 25.0 Å². The Hall–Kier alpha value is -2.00. The minimum Gasteiger partial charge on any atom is -0.393 e. The van der Waals surface area contributed by atoms with Gasteiger partial charge in [0.15, 0.2) is 23.1 Å². The van der Waals surface area contributed by atoms with Gasteiger partial charge in [-0.05, 0) is 149 Å². The van der Waals surface area contributed by atoms with Crippen LogP contribution in [0.25, 0.3) is 0 Å². The molecule has 276 valence electrons. The predicted molar refractivity (Wildman–Crippen MR) is 187 cm³/mol. The Bertz CT molecular complexity index is 1450. The fraction of sp³-hybridized carbons (Fsp3) is 0.810. The lowest BCUT2D eigenvalue weighted by atomic mass is 9.45. The number of hydrogen-bond donors (Lipinski definition) is 4. The van der Waals surface area contributed by atoms with Gasteiger partial charge >= 0.3 is 0 Å². The van der Waals surface area contributed by atoms with E-state index in [0.717, 1.165) is 51.4 Å². The molecule has 6 fully saturated rings. The molecule has 0 bridgehead atoms. The van der Waals surface area contributed by atoms with E-state index in [-0.39, 0.29) is 57.6 Å². The minimum atomic E-state index is -1.30. The van der Waals surface area contributed by atoms with Crippen LogP contribution in [-0.2, 0) is 19.2 Å². The number of carbonyl (C=O) groups excluding carboxylic acids is 4. The Kier molecular flexibility index (Phi) is 8.55. The van der Waals surface area contributed by atoms with Crippen LogP contribution in [0.5, 0.6) is 0 Å². The second kappa shape index (κ2) is 11.8. The van der Waals surface area contributed by atoms with Crippen molar-refractivity contribution in [2.45, 2.75) is 155 Å². The molecule has 0 unspecified atom stereocenters. The number of rotatable bonds is 2. The van der Waals surface area contributed by atoms with Gasteiger partial charge in [-0.25, -0.2) is 0 Å². The van der Waals surface area contributed by atoms with Crippen LogP contribution in [0.3, 0.4) is 0 Å². The molecule has 8 aliphatic rings. The van der Waals surface area contributed by atoms with Crippen molar-refractivity contribution in [1.29, 1.82) is 0 Å². The van der Waals surface area contributed by atoms with Crippen molar-refractivity contribution < 1.29 is 39.6 Å². The van der Waals surface area contributed by atoms with Gasteiger partial charge in [0, 0.05) is 23.7 Å². The molecule has 0 heterocycles. The second-order valence-corrected chi connectivity index (χ2v) is 19.1. The van der Waals surface area contributed by atoms with Crippen molar-refractivity contribution in [1.82, 2.24) is 0 Å². The van der Waals surface area contributed by atoms with Crippen LogP contribution in [0.15, 0.2) is 23.3 Å². The van der Waals surface area contributed by atoms with Gasteiger partial charge in [-0.1, -0.05) is 38.8 Å². The van der Waals surface area contributed by atoms with E-state index in [1.54, 1.807) is 0 Å². The molecule has 8 aliphatic carbocycles. The molecule has 0 amide bonds. The molecule has 0 radical (unpaired) electrons. The van der Waals surface area contributed by atoms with Crippen molar-refractivity contribution in [3.63, 3.8) is 0 Å². The fourth-order valence-electron chi connectivity index (χ4n) is 14.5. The smallest absolute Gasteiger partial charge is 0.161 e. The zero-order valence-electron chi connectivity index (χ0n) is 31.1. The summed E-state index contributed by atoms with van der Waals surface area (Å²) in [5, 5.41) is 44.6. The van der Waals surface area contributed by atoms with Gasteiger partial charge in [0.05, 0.1) is 12.2 Å². The van der Waals surface area contributed by atoms with Crippen LogP contribution >= 0.6 is 0 Å². The van der Waals surface area contributed by atoms with E-state index in [4.69, 9.17) is 0 Å². The molecule has 0 aromatic rings. The Morgan fingerprint density at radius 2 is 0.960 bits per heavy atom. The highest BCUT2D eigenvalue weighted by atomic mass is 16.3. The van der Waals surface area contributed by atoms with Crippen LogP contribution in [0.1, 0.15) is 131 Å². The third kappa shape index (κ3) is 4.75. The monoisotopic (exact) mass is 692 g/mol. The summed E-state index contributed by atoms with van der Waals surface area (Å²) in [4.78, 5) is 48.3. The van der Waals surface area contributed by atoms with Crippen molar-refractivity contribution >= 4 is 23.1 Å². The predicted octanol–water partition coefficient (Wildman–Crippen LogP) is 5.62. The average molecular weight is 693 g/mol. The maximum atomic E-state index is 12.2. The van der Waals surface area contributed by atoms with E-state index in [0.29, 0.717) is 50.4 Å². The maximum Gasteiger partial charge on any atom is 0.161 e.